The highest BCUT2D eigenvalue weighted by Crippen LogP contribution is 2.31. The number of fused-ring (bicyclic) bond motifs is 1. The quantitative estimate of drug-likeness (QED) is 0.739. The van der Waals surface area contributed by atoms with E-state index in [1.165, 1.54) is 0 Å². The van der Waals surface area contributed by atoms with E-state index < -0.39 is 11.9 Å². The van der Waals surface area contributed by atoms with Crippen LogP contribution in [0.4, 0.5) is 0 Å². The van der Waals surface area contributed by atoms with Crippen LogP contribution in [0, 0.1) is 0 Å². The average Bonchev–Trinajstić information content (AvgIpc) is 3.34. The zero-order valence-electron chi connectivity index (χ0n) is 15.9. The molecular weight excluding hydrogens is 372 g/mol. The maximum absolute atomic E-state index is 12.8. The van der Waals surface area contributed by atoms with E-state index in [0.29, 0.717) is 24.6 Å². The van der Waals surface area contributed by atoms with Gasteiger partial charge in [0.1, 0.15) is 11.7 Å². The molecule has 2 fully saturated rings. The third-order valence-electron chi connectivity index (χ3n) is 6.01. The van der Waals surface area contributed by atoms with Gasteiger partial charge in [-0.1, -0.05) is 11.3 Å². The van der Waals surface area contributed by atoms with Gasteiger partial charge in [0.25, 0.3) is 5.91 Å². The van der Waals surface area contributed by atoms with Crippen molar-refractivity contribution in [2.24, 2.45) is 0 Å². The summed E-state index contributed by atoms with van der Waals surface area (Å²) in [6.45, 7) is 2.32. The number of hydrogen-bond donors (Lipinski definition) is 2. The van der Waals surface area contributed by atoms with Crippen LogP contribution in [0.1, 0.15) is 47.6 Å². The minimum atomic E-state index is -0.600. The van der Waals surface area contributed by atoms with Crippen molar-refractivity contribution in [3.8, 4) is 11.3 Å². The molecule has 4 heterocycles. The Morgan fingerprint density at radius 2 is 1.90 bits per heavy atom. The second kappa shape index (κ2) is 7.07. The van der Waals surface area contributed by atoms with Gasteiger partial charge in [-0.15, -0.1) is 5.10 Å². The summed E-state index contributed by atoms with van der Waals surface area (Å²) in [5, 5.41) is 14.3. The molecular formula is C20H22N6O3. The van der Waals surface area contributed by atoms with Crippen molar-refractivity contribution in [2.75, 3.05) is 13.1 Å². The smallest absolute Gasteiger partial charge is 0.255 e. The number of amides is 3. The molecule has 2 aromatic rings. The predicted molar refractivity (Wildman–Crippen MR) is 103 cm³/mol. The lowest BCUT2D eigenvalue weighted by Crippen LogP contribution is -2.52. The molecule has 5 rings (SSSR count). The number of rotatable bonds is 3. The maximum atomic E-state index is 12.8. The molecule has 2 saturated heterocycles. The normalized spacial score (nSPS) is 22.7. The molecule has 9 heteroatoms. The first-order chi connectivity index (χ1) is 14.1. The van der Waals surface area contributed by atoms with Gasteiger partial charge < -0.3 is 10.2 Å². The van der Waals surface area contributed by atoms with E-state index >= 15 is 0 Å². The second-order valence-electron chi connectivity index (χ2n) is 7.84. The van der Waals surface area contributed by atoms with Gasteiger partial charge in [-0.25, -0.2) is 4.68 Å². The Morgan fingerprint density at radius 3 is 2.69 bits per heavy atom. The predicted octanol–water partition coefficient (Wildman–Crippen LogP) is 0.631. The third-order valence-corrected chi connectivity index (χ3v) is 6.01. The monoisotopic (exact) mass is 394 g/mol. The first-order valence-corrected chi connectivity index (χ1v) is 10.0. The zero-order valence-corrected chi connectivity index (χ0v) is 15.9. The van der Waals surface area contributed by atoms with Gasteiger partial charge in [-0.2, -0.15) is 0 Å². The molecule has 9 nitrogen and oxygen atoms in total. The Bertz CT molecular complexity index is 994. The molecule has 0 saturated carbocycles. The number of benzene rings is 1. The molecule has 0 radical (unpaired) electrons. The van der Waals surface area contributed by atoms with E-state index in [1.54, 1.807) is 11.0 Å². The highest BCUT2D eigenvalue weighted by molar-refractivity contribution is 6.05. The molecule has 1 atom stereocenters. The van der Waals surface area contributed by atoms with Crippen LogP contribution in [0.25, 0.3) is 11.3 Å². The van der Waals surface area contributed by atoms with Crippen molar-refractivity contribution >= 4 is 17.7 Å². The number of nitrogens with one attached hydrogen (secondary N) is 2. The van der Waals surface area contributed by atoms with Crippen LogP contribution in [0.5, 0.6) is 0 Å². The zero-order chi connectivity index (χ0) is 20.0. The molecule has 3 amide bonds. The lowest BCUT2D eigenvalue weighted by Gasteiger charge is -2.29. The molecule has 1 aromatic heterocycles. The van der Waals surface area contributed by atoms with E-state index in [2.05, 4.69) is 20.9 Å². The van der Waals surface area contributed by atoms with E-state index in [-0.39, 0.29) is 18.2 Å². The number of aromatic nitrogens is 3. The largest absolute Gasteiger partial charge is 0.322 e. The van der Waals surface area contributed by atoms with Crippen LogP contribution in [0.2, 0.25) is 0 Å². The third kappa shape index (κ3) is 3.21. The van der Waals surface area contributed by atoms with Gasteiger partial charge in [0.15, 0.2) is 0 Å². The lowest BCUT2D eigenvalue weighted by atomic mass is 10.0. The van der Waals surface area contributed by atoms with Crippen LogP contribution in [0.3, 0.4) is 0 Å². The van der Waals surface area contributed by atoms with E-state index in [9.17, 15) is 14.4 Å². The Hall–Kier alpha value is -3.07. The topological polar surface area (TPSA) is 109 Å². The Morgan fingerprint density at radius 1 is 1.07 bits per heavy atom. The van der Waals surface area contributed by atoms with Gasteiger partial charge >= 0.3 is 0 Å². The summed E-state index contributed by atoms with van der Waals surface area (Å²) in [5.74, 6) is -0.846. The highest BCUT2D eigenvalue weighted by Gasteiger charge is 2.39. The second-order valence-corrected chi connectivity index (χ2v) is 7.84. The average molecular weight is 394 g/mol. The fourth-order valence-electron chi connectivity index (χ4n) is 4.39. The van der Waals surface area contributed by atoms with Gasteiger partial charge in [0.05, 0.1) is 12.2 Å². The number of carbonyl (C=O) groups is 3. The van der Waals surface area contributed by atoms with E-state index in [4.69, 9.17) is 0 Å². The lowest BCUT2D eigenvalue weighted by molar-refractivity contribution is -0.136. The molecule has 2 N–H and O–H groups in total. The Kier molecular flexibility index (Phi) is 4.39. The summed E-state index contributed by atoms with van der Waals surface area (Å²) in [7, 11) is 0. The van der Waals surface area contributed by atoms with Crippen molar-refractivity contribution in [2.45, 2.75) is 44.3 Å². The van der Waals surface area contributed by atoms with Crippen molar-refractivity contribution in [1.82, 2.24) is 30.5 Å². The van der Waals surface area contributed by atoms with Crippen LogP contribution in [-0.2, 0) is 16.1 Å². The van der Waals surface area contributed by atoms with Gasteiger partial charge in [0.2, 0.25) is 11.8 Å². The summed E-state index contributed by atoms with van der Waals surface area (Å²) in [6, 6.07) is 5.38. The summed E-state index contributed by atoms with van der Waals surface area (Å²) in [5.41, 5.74) is 3.15. The minimum absolute atomic E-state index is 0.167. The standard InChI is InChI=1S/C20H22N6O3/c27-18-4-3-17(19(28)22-18)25-10-13-9-12(1-2-15(13)20(25)29)16-11-26(24-23-16)14-5-7-21-8-6-14/h1-2,9,11,14,17,21H,3-8,10H2,(H,22,27,28). The molecule has 1 unspecified atom stereocenters. The van der Waals surface area contributed by atoms with Crippen molar-refractivity contribution in [3.05, 3.63) is 35.5 Å². The summed E-state index contributed by atoms with van der Waals surface area (Å²) < 4.78 is 1.93. The van der Waals surface area contributed by atoms with E-state index in [1.807, 2.05) is 23.0 Å². The minimum Gasteiger partial charge on any atom is -0.322 e. The molecule has 29 heavy (non-hydrogen) atoms. The van der Waals surface area contributed by atoms with Crippen LogP contribution < -0.4 is 10.6 Å². The first-order valence-electron chi connectivity index (χ1n) is 10.0. The van der Waals surface area contributed by atoms with E-state index in [0.717, 1.165) is 42.8 Å². The molecule has 1 aromatic carbocycles. The number of piperidine rings is 2. The van der Waals surface area contributed by atoms with Gasteiger partial charge in [-0.05, 0) is 50.0 Å². The summed E-state index contributed by atoms with van der Waals surface area (Å²) >= 11 is 0. The number of hydrogen-bond acceptors (Lipinski definition) is 6. The van der Waals surface area contributed by atoms with Crippen LogP contribution >= 0.6 is 0 Å². The van der Waals surface area contributed by atoms with Crippen molar-refractivity contribution in [3.63, 3.8) is 0 Å². The van der Waals surface area contributed by atoms with Crippen LogP contribution in [0.15, 0.2) is 24.4 Å². The fraction of sp³-hybridized carbons (Fsp3) is 0.450. The first kappa shape index (κ1) is 18.0. The van der Waals surface area contributed by atoms with Crippen molar-refractivity contribution < 1.29 is 14.4 Å². The number of nitrogens with zero attached hydrogens (tertiary/aromatic N) is 4. The number of carbonyl (C=O) groups excluding carboxylic acids is 3. The molecule has 3 aliphatic heterocycles. The Labute approximate surface area is 167 Å². The fourth-order valence-corrected chi connectivity index (χ4v) is 4.39. The summed E-state index contributed by atoms with van der Waals surface area (Å²) in [6.07, 6.45) is 4.64. The Balaban J connectivity index is 1.37. The summed E-state index contributed by atoms with van der Waals surface area (Å²) in [4.78, 5) is 37.9. The van der Waals surface area contributed by atoms with Crippen LogP contribution in [-0.4, -0.2) is 56.7 Å². The highest BCUT2D eigenvalue weighted by atomic mass is 16.2. The SMILES string of the molecule is O=C1CCC(N2Cc3cc(-c4cn(C5CCNCC5)nn4)ccc3C2=O)C(=O)N1. The van der Waals surface area contributed by atoms with Crippen molar-refractivity contribution in [1.29, 1.82) is 0 Å². The molecule has 3 aliphatic rings. The van der Waals surface area contributed by atoms with Gasteiger partial charge in [-0.3, -0.25) is 19.7 Å². The molecule has 0 bridgehead atoms. The molecule has 0 aliphatic carbocycles. The maximum Gasteiger partial charge on any atom is 0.255 e. The molecule has 150 valence electrons. The molecule has 0 spiro atoms. The number of imide groups is 1. The van der Waals surface area contributed by atoms with Gasteiger partial charge in [0, 0.05) is 24.1 Å².